The van der Waals surface area contributed by atoms with Crippen molar-refractivity contribution in [2.45, 2.75) is 31.4 Å². The molecule has 0 fully saturated rings. The van der Waals surface area contributed by atoms with Gasteiger partial charge >= 0.3 is 0 Å². The van der Waals surface area contributed by atoms with Crippen molar-refractivity contribution in [3.63, 3.8) is 0 Å². The zero-order chi connectivity index (χ0) is 16.8. The third-order valence-corrected chi connectivity index (χ3v) is 4.62. The molecule has 0 aromatic heterocycles. The van der Waals surface area contributed by atoms with Crippen LogP contribution in [0.3, 0.4) is 0 Å². The lowest BCUT2D eigenvalue weighted by molar-refractivity contribution is 0.0562. The van der Waals surface area contributed by atoms with Crippen LogP contribution in [0.2, 0.25) is 0 Å². The maximum Gasteiger partial charge on any atom is 0.251 e. The van der Waals surface area contributed by atoms with Crippen LogP contribution in [0.4, 0.5) is 0 Å². The molecule has 2 aromatic rings. The molecule has 3 atom stereocenters. The van der Waals surface area contributed by atoms with Crippen molar-refractivity contribution in [2.24, 2.45) is 5.92 Å². The number of allylic oxidation sites excluding steroid dienone is 2. The highest BCUT2D eigenvalue weighted by Crippen LogP contribution is 2.30. The molecule has 2 aromatic carbocycles. The fourth-order valence-corrected chi connectivity index (χ4v) is 3.24. The number of amides is 1. The lowest BCUT2D eigenvalue weighted by Gasteiger charge is -2.31. The van der Waals surface area contributed by atoms with Gasteiger partial charge in [-0.25, -0.2) is 0 Å². The van der Waals surface area contributed by atoms with E-state index in [4.69, 9.17) is 0 Å². The Bertz CT molecular complexity index is 681. The highest BCUT2D eigenvalue weighted by molar-refractivity contribution is 5.94. The minimum atomic E-state index is -0.606. The van der Waals surface area contributed by atoms with Gasteiger partial charge in [0, 0.05) is 5.56 Å². The Kier molecular flexibility index (Phi) is 5.44. The van der Waals surface area contributed by atoms with E-state index in [1.165, 1.54) is 0 Å². The molecule has 24 heavy (non-hydrogen) atoms. The summed E-state index contributed by atoms with van der Waals surface area (Å²) in [6, 6.07) is 18.5. The summed E-state index contributed by atoms with van der Waals surface area (Å²) in [7, 11) is 0. The first-order valence-electron chi connectivity index (χ1n) is 8.49. The van der Waals surface area contributed by atoms with E-state index in [2.05, 4.69) is 17.5 Å². The number of carbonyl (C=O) groups excluding carboxylic acids is 1. The molecule has 1 amide bonds. The molecule has 0 saturated heterocycles. The van der Waals surface area contributed by atoms with Crippen LogP contribution in [-0.2, 0) is 0 Å². The van der Waals surface area contributed by atoms with Crippen LogP contribution in [0.1, 0.15) is 41.2 Å². The van der Waals surface area contributed by atoms with Gasteiger partial charge in [-0.3, -0.25) is 4.79 Å². The van der Waals surface area contributed by atoms with Crippen molar-refractivity contribution in [3.05, 3.63) is 83.9 Å². The number of hydrogen-bond donors (Lipinski definition) is 2. The molecular formula is C21H23NO2. The summed E-state index contributed by atoms with van der Waals surface area (Å²) in [5.41, 5.74) is 1.54. The lowest BCUT2D eigenvalue weighted by atomic mass is 9.83. The van der Waals surface area contributed by atoms with Crippen LogP contribution < -0.4 is 5.32 Å². The second kappa shape index (κ2) is 7.93. The minimum absolute atomic E-state index is 0.158. The van der Waals surface area contributed by atoms with Crippen molar-refractivity contribution >= 4 is 5.91 Å². The average molecular weight is 321 g/mol. The Labute approximate surface area is 143 Å². The van der Waals surface area contributed by atoms with Crippen LogP contribution in [0.15, 0.2) is 72.8 Å². The Morgan fingerprint density at radius 3 is 2.29 bits per heavy atom. The molecule has 3 rings (SSSR count). The van der Waals surface area contributed by atoms with Crippen LogP contribution in [0.25, 0.3) is 0 Å². The molecule has 1 aliphatic carbocycles. The second-order valence-electron chi connectivity index (χ2n) is 6.26. The first kappa shape index (κ1) is 16.5. The number of aliphatic hydroxyl groups is 1. The average Bonchev–Trinajstić information content (AvgIpc) is 2.67. The third-order valence-electron chi connectivity index (χ3n) is 4.62. The molecule has 3 heteroatoms. The molecule has 0 spiro atoms. The molecule has 0 bridgehead atoms. The smallest absolute Gasteiger partial charge is 0.251 e. The van der Waals surface area contributed by atoms with E-state index in [9.17, 15) is 9.90 Å². The number of hydrogen-bond acceptors (Lipinski definition) is 2. The molecular weight excluding hydrogens is 298 g/mol. The van der Waals surface area contributed by atoms with Gasteiger partial charge in [-0.15, -0.1) is 0 Å². The van der Waals surface area contributed by atoms with Gasteiger partial charge in [0.1, 0.15) is 0 Å². The zero-order valence-corrected chi connectivity index (χ0v) is 13.6. The lowest BCUT2D eigenvalue weighted by Crippen LogP contribution is -2.40. The molecule has 1 aliphatic rings. The normalized spacial score (nSPS) is 19.5. The number of carbonyl (C=O) groups is 1. The summed E-state index contributed by atoms with van der Waals surface area (Å²) in [5, 5.41) is 14.0. The van der Waals surface area contributed by atoms with E-state index in [0.29, 0.717) is 5.56 Å². The van der Waals surface area contributed by atoms with Gasteiger partial charge in [0.15, 0.2) is 0 Å². The van der Waals surface area contributed by atoms with Gasteiger partial charge in [-0.1, -0.05) is 60.7 Å². The van der Waals surface area contributed by atoms with Crippen molar-refractivity contribution in [1.82, 2.24) is 5.32 Å². The first-order chi connectivity index (χ1) is 11.8. The van der Waals surface area contributed by atoms with Gasteiger partial charge in [0.25, 0.3) is 5.91 Å². The molecule has 2 N–H and O–H groups in total. The maximum atomic E-state index is 12.6. The summed E-state index contributed by atoms with van der Waals surface area (Å²) in [4.78, 5) is 12.6. The number of nitrogens with one attached hydrogen (secondary N) is 1. The summed E-state index contributed by atoms with van der Waals surface area (Å²) in [6.45, 7) is 0. The van der Waals surface area contributed by atoms with E-state index in [1.807, 2.05) is 48.5 Å². The molecule has 0 radical (unpaired) electrons. The SMILES string of the molecule is O=C(NC(c1ccccc1)C(O)C1CC=CCC1)c1ccccc1. The fourth-order valence-electron chi connectivity index (χ4n) is 3.24. The van der Waals surface area contributed by atoms with Crippen LogP contribution in [0, 0.1) is 5.92 Å². The Balaban J connectivity index is 1.82. The van der Waals surface area contributed by atoms with E-state index in [-0.39, 0.29) is 11.8 Å². The Morgan fingerprint density at radius 2 is 1.67 bits per heavy atom. The van der Waals surface area contributed by atoms with Crippen LogP contribution in [0.5, 0.6) is 0 Å². The van der Waals surface area contributed by atoms with E-state index in [1.54, 1.807) is 12.1 Å². The molecule has 3 unspecified atom stereocenters. The highest BCUT2D eigenvalue weighted by atomic mass is 16.3. The van der Waals surface area contributed by atoms with Crippen molar-refractivity contribution in [3.8, 4) is 0 Å². The largest absolute Gasteiger partial charge is 0.390 e. The fraction of sp³-hybridized carbons (Fsp3) is 0.286. The first-order valence-corrected chi connectivity index (χ1v) is 8.49. The third kappa shape index (κ3) is 3.92. The molecule has 0 saturated carbocycles. The van der Waals surface area contributed by atoms with Gasteiger partial charge in [0.05, 0.1) is 12.1 Å². The van der Waals surface area contributed by atoms with Crippen LogP contribution in [-0.4, -0.2) is 17.1 Å². The predicted octanol–water partition coefficient (Wildman–Crippen LogP) is 3.87. The summed E-state index contributed by atoms with van der Waals surface area (Å²) in [5.74, 6) is 0.00568. The van der Waals surface area contributed by atoms with Gasteiger partial charge in [-0.05, 0) is 42.9 Å². The van der Waals surface area contributed by atoms with Crippen LogP contribution >= 0.6 is 0 Å². The summed E-state index contributed by atoms with van der Waals surface area (Å²) >= 11 is 0. The van der Waals surface area contributed by atoms with E-state index < -0.39 is 12.1 Å². The van der Waals surface area contributed by atoms with E-state index >= 15 is 0 Å². The minimum Gasteiger partial charge on any atom is -0.390 e. The quantitative estimate of drug-likeness (QED) is 0.821. The van der Waals surface area contributed by atoms with Gasteiger partial charge in [-0.2, -0.15) is 0 Å². The van der Waals surface area contributed by atoms with Gasteiger partial charge < -0.3 is 10.4 Å². The van der Waals surface area contributed by atoms with Gasteiger partial charge in [0.2, 0.25) is 0 Å². The predicted molar refractivity (Wildman–Crippen MR) is 95.6 cm³/mol. The van der Waals surface area contributed by atoms with Crippen molar-refractivity contribution in [1.29, 1.82) is 0 Å². The van der Waals surface area contributed by atoms with Crippen molar-refractivity contribution < 1.29 is 9.90 Å². The summed E-state index contributed by atoms with van der Waals surface area (Å²) in [6.07, 6.45) is 6.45. The Morgan fingerprint density at radius 1 is 1.00 bits per heavy atom. The maximum absolute atomic E-state index is 12.6. The molecule has 3 nitrogen and oxygen atoms in total. The van der Waals surface area contributed by atoms with E-state index in [0.717, 1.165) is 24.8 Å². The number of benzene rings is 2. The molecule has 0 aliphatic heterocycles. The molecule has 0 heterocycles. The Hall–Kier alpha value is -2.39. The number of aliphatic hydroxyl groups excluding tert-OH is 1. The topological polar surface area (TPSA) is 49.3 Å². The van der Waals surface area contributed by atoms with Crippen molar-refractivity contribution in [2.75, 3.05) is 0 Å². The highest BCUT2D eigenvalue weighted by Gasteiger charge is 2.30. The standard InChI is InChI=1S/C21H23NO2/c23-20(17-12-6-2-7-13-17)19(16-10-4-1-5-11-16)22-21(24)18-14-8-3-9-15-18/h1-6,8-11,14-15,17,19-20,23H,7,12-13H2,(H,22,24). The zero-order valence-electron chi connectivity index (χ0n) is 13.6. The second-order valence-corrected chi connectivity index (χ2v) is 6.26. The molecule has 124 valence electrons. The summed E-state index contributed by atoms with van der Waals surface area (Å²) < 4.78 is 0. The number of rotatable bonds is 5. The monoisotopic (exact) mass is 321 g/mol.